The van der Waals surface area contributed by atoms with E-state index in [1.54, 1.807) is 30.3 Å². The molecule has 0 saturated carbocycles. The Kier molecular flexibility index (Phi) is 3.54. The van der Waals surface area contributed by atoms with Gasteiger partial charge in [-0.1, -0.05) is 12.1 Å². The van der Waals surface area contributed by atoms with Gasteiger partial charge in [0.25, 0.3) is 0 Å². The highest BCUT2D eigenvalue weighted by molar-refractivity contribution is 5.69. The third-order valence-corrected chi connectivity index (χ3v) is 4.03. The first-order valence-corrected chi connectivity index (χ1v) is 7.86. The number of nitrogens with one attached hydrogen (secondary N) is 1. The maximum atomic E-state index is 9.96. The molecular weight excluding hydrogens is 316 g/mol. The van der Waals surface area contributed by atoms with E-state index in [1.165, 1.54) is 0 Å². The molecule has 0 unspecified atom stereocenters. The molecule has 3 N–H and O–H groups in total. The number of imidazole rings is 1. The van der Waals surface area contributed by atoms with Gasteiger partial charge in [-0.05, 0) is 55.5 Å². The normalized spacial score (nSPS) is 10.9. The monoisotopic (exact) mass is 332 g/mol. The summed E-state index contributed by atoms with van der Waals surface area (Å²) in [6, 6.07) is 17.6. The Hall–Kier alpha value is -3.47. The molecule has 0 fully saturated rings. The Bertz CT molecular complexity index is 1030. The summed E-state index contributed by atoms with van der Waals surface area (Å²) >= 11 is 0. The highest BCUT2D eigenvalue weighted by Crippen LogP contribution is 2.33. The Balaban J connectivity index is 1.71. The third-order valence-electron chi connectivity index (χ3n) is 4.03. The van der Waals surface area contributed by atoms with Crippen LogP contribution >= 0.6 is 0 Å². The van der Waals surface area contributed by atoms with E-state index in [2.05, 4.69) is 9.97 Å². The molecule has 0 radical (unpaired) electrons. The van der Waals surface area contributed by atoms with E-state index in [0.717, 1.165) is 17.0 Å². The number of para-hydroxylation sites is 1. The Morgan fingerprint density at radius 2 is 1.60 bits per heavy atom. The van der Waals surface area contributed by atoms with E-state index >= 15 is 0 Å². The van der Waals surface area contributed by atoms with Crippen LogP contribution in [0.5, 0.6) is 11.5 Å². The molecule has 0 saturated heterocycles. The number of aryl methyl sites for hydroxylation is 1. The summed E-state index contributed by atoms with van der Waals surface area (Å²) in [5.74, 6) is 2.17. The van der Waals surface area contributed by atoms with Crippen molar-refractivity contribution in [1.29, 1.82) is 0 Å². The van der Waals surface area contributed by atoms with E-state index in [-0.39, 0.29) is 11.5 Å². The minimum absolute atomic E-state index is 0.170. The maximum absolute atomic E-state index is 9.96. The summed E-state index contributed by atoms with van der Waals surface area (Å²) in [6.45, 7) is 1.94. The van der Waals surface area contributed by atoms with Crippen LogP contribution in [0.1, 0.15) is 5.69 Å². The first kappa shape index (κ1) is 15.1. The average Bonchev–Trinajstić information content (AvgIpc) is 3.23. The molecule has 5 heteroatoms. The van der Waals surface area contributed by atoms with Gasteiger partial charge in [0.05, 0.1) is 11.3 Å². The van der Waals surface area contributed by atoms with Gasteiger partial charge in [0.1, 0.15) is 17.3 Å². The summed E-state index contributed by atoms with van der Waals surface area (Å²) in [4.78, 5) is 7.84. The van der Waals surface area contributed by atoms with Crippen LogP contribution in [-0.2, 0) is 0 Å². The second kappa shape index (κ2) is 5.87. The lowest BCUT2D eigenvalue weighted by Gasteiger charge is -1.99. The predicted octanol–water partition coefficient (Wildman–Crippen LogP) is 4.72. The standard InChI is InChI=1S/C20H16N2O3/c1-12-19(13-6-8-14(23)9-7-13)22-20(21-12)18-11-10-17(25-18)15-4-2-3-5-16(15)24/h2-11,23-24H,1H3,(H,21,22). The smallest absolute Gasteiger partial charge is 0.174 e. The Morgan fingerprint density at radius 1 is 0.880 bits per heavy atom. The van der Waals surface area contributed by atoms with Crippen molar-refractivity contribution in [2.75, 3.05) is 0 Å². The number of furan rings is 1. The van der Waals surface area contributed by atoms with E-state index < -0.39 is 0 Å². The van der Waals surface area contributed by atoms with Crippen molar-refractivity contribution >= 4 is 0 Å². The lowest BCUT2D eigenvalue weighted by atomic mass is 10.1. The van der Waals surface area contributed by atoms with Crippen LogP contribution < -0.4 is 0 Å². The molecule has 0 amide bonds. The van der Waals surface area contributed by atoms with Crippen molar-refractivity contribution in [3.05, 3.63) is 66.4 Å². The number of aromatic hydroxyl groups is 2. The number of hydrogen-bond acceptors (Lipinski definition) is 4. The lowest BCUT2D eigenvalue weighted by Crippen LogP contribution is -1.80. The number of aromatic amines is 1. The van der Waals surface area contributed by atoms with E-state index in [0.29, 0.717) is 22.9 Å². The SMILES string of the molecule is Cc1[nH]c(-c2ccc(-c3ccccc3O)o2)nc1-c1ccc(O)cc1. The van der Waals surface area contributed by atoms with E-state index in [9.17, 15) is 10.2 Å². The van der Waals surface area contributed by atoms with Crippen LogP contribution in [0.25, 0.3) is 34.2 Å². The molecule has 0 bridgehead atoms. The molecule has 2 heterocycles. The molecular formula is C20H16N2O3. The molecule has 2 aromatic carbocycles. The van der Waals surface area contributed by atoms with Gasteiger partial charge >= 0.3 is 0 Å². The second-order valence-electron chi connectivity index (χ2n) is 5.79. The van der Waals surface area contributed by atoms with Gasteiger partial charge in [-0.2, -0.15) is 0 Å². The molecule has 124 valence electrons. The predicted molar refractivity (Wildman–Crippen MR) is 95.2 cm³/mol. The van der Waals surface area contributed by atoms with Crippen molar-refractivity contribution < 1.29 is 14.6 Å². The molecule has 0 aliphatic carbocycles. The fraction of sp³-hybridized carbons (Fsp3) is 0.0500. The summed E-state index contributed by atoms with van der Waals surface area (Å²) < 4.78 is 5.87. The number of aromatic nitrogens is 2. The number of nitrogens with zero attached hydrogens (tertiary/aromatic N) is 1. The number of phenols is 2. The first-order valence-electron chi connectivity index (χ1n) is 7.86. The summed E-state index contributed by atoms with van der Waals surface area (Å²) in [5, 5.41) is 19.4. The van der Waals surface area contributed by atoms with Gasteiger partial charge < -0.3 is 19.6 Å². The van der Waals surface area contributed by atoms with Crippen molar-refractivity contribution in [2.45, 2.75) is 6.92 Å². The second-order valence-corrected chi connectivity index (χ2v) is 5.79. The zero-order valence-electron chi connectivity index (χ0n) is 13.5. The zero-order chi connectivity index (χ0) is 17.4. The fourth-order valence-electron chi connectivity index (χ4n) is 2.77. The Morgan fingerprint density at radius 3 is 2.36 bits per heavy atom. The van der Waals surface area contributed by atoms with Gasteiger partial charge in [-0.25, -0.2) is 4.98 Å². The number of hydrogen-bond donors (Lipinski definition) is 3. The molecule has 0 aliphatic heterocycles. The topological polar surface area (TPSA) is 82.3 Å². The van der Waals surface area contributed by atoms with E-state index in [4.69, 9.17) is 4.42 Å². The fourth-order valence-corrected chi connectivity index (χ4v) is 2.77. The molecule has 0 atom stereocenters. The van der Waals surface area contributed by atoms with Crippen LogP contribution in [0.15, 0.2) is 65.1 Å². The van der Waals surface area contributed by atoms with Crippen LogP contribution in [0.2, 0.25) is 0 Å². The van der Waals surface area contributed by atoms with Crippen molar-refractivity contribution in [3.63, 3.8) is 0 Å². The van der Waals surface area contributed by atoms with Gasteiger partial charge in [0.2, 0.25) is 0 Å². The first-order chi connectivity index (χ1) is 12.1. The van der Waals surface area contributed by atoms with Gasteiger partial charge in [0, 0.05) is 11.3 Å². The molecule has 25 heavy (non-hydrogen) atoms. The molecule has 5 nitrogen and oxygen atoms in total. The van der Waals surface area contributed by atoms with Crippen molar-refractivity contribution in [2.24, 2.45) is 0 Å². The highest BCUT2D eigenvalue weighted by atomic mass is 16.3. The number of phenolic OH excluding ortho intramolecular Hbond substituents is 2. The number of benzene rings is 2. The maximum Gasteiger partial charge on any atom is 0.174 e. The van der Waals surface area contributed by atoms with Crippen molar-refractivity contribution in [1.82, 2.24) is 9.97 Å². The van der Waals surface area contributed by atoms with Gasteiger partial charge in [-0.15, -0.1) is 0 Å². The largest absolute Gasteiger partial charge is 0.508 e. The van der Waals surface area contributed by atoms with Crippen molar-refractivity contribution in [3.8, 4) is 45.7 Å². The minimum Gasteiger partial charge on any atom is -0.508 e. The number of H-pyrrole nitrogens is 1. The Labute approximate surface area is 144 Å². The molecule has 2 aromatic heterocycles. The summed E-state index contributed by atoms with van der Waals surface area (Å²) in [5.41, 5.74) is 3.25. The number of rotatable bonds is 3. The minimum atomic E-state index is 0.170. The zero-order valence-corrected chi connectivity index (χ0v) is 13.5. The lowest BCUT2D eigenvalue weighted by molar-refractivity contribution is 0.474. The molecule has 4 aromatic rings. The summed E-state index contributed by atoms with van der Waals surface area (Å²) in [6.07, 6.45) is 0. The van der Waals surface area contributed by atoms with Gasteiger partial charge in [0.15, 0.2) is 11.6 Å². The molecule has 0 aliphatic rings. The third kappa shape index (κ3) is 2.76. The molecule has 0 spiro atoms. The highest BCUT2D eigenvalue weighted by Gasteiger charge is 2.15. The quantitative estimate of drug-likeness (QED) is 0.507. The van der Waals surface area contributed by atoms with Crippen LogP contribution in [0.4, 0.5) is 0 Å². The van der Waals surface area contributed by atoms with Crippen LogP contribution in [-0.4, -0.2) is 20.2 Å². The average molecular weight is 332 g/mol. The van der Waals surface area contributed by atoms with Crippen LogP contribution in [0, 0.1) is 6.92 Å². The van der Waals surface area contributed by atoms with Crippen LogP contribution in [0.3, 0.4) is 0 Å². The molecule has 4 rings (SSSR count). The summed E-state index contributed by atoms with van der Waals surface area (Å²) in [7, 11) is 0. The van der Waals surface area contributed by atoms with Gasteiger partial charge in [-0.3, -0.25) is 0 Å². The van der Waals surface area contributed by atoms with E-state index in [1.807, 2.05) is 37.3 Å².